The van der Waals surface area contributed by atoms with Gasteiger partial charge in [-0.25, -0.2) is 0 Å². The van der Waals surface area contributed by atoms with Crippen LogP contribution in [0.3, 0.4) is 0 Å². The SMILES string of the molecule is C/N=C(\Cl)c1ccc(OC)cc1. The molecule has 3 heteroatoms. The van der Waals surface area contributed by atoms with Crippen molar-refractivity contribution in [1.82, 2.24) is 0 Å². The molecule has 0 amide bonds. The van der Waals surface area contributed by atoms with Crippen LogP contribution in [0, 0.1) is 0 Å². The molecule has 0 saturated carbocycles. The Hall–Kier alpha value is -1.02. The molecule has 1 rings (SSSR count). The molecule has 0 fully saturated rings. The van der Waals surface area contributed by atoms with Gasteiger partial charge in [-0.05, 0) is 24.3 Å². The topological polar surface area (TPSA) is 21.6 Å². The summed E-state index contributed by atoms with van der Waals surface area (Å²) in [7, 11) is 3.29. The summed E-state index contributed by atoms with van der Waals surface area (Å²) in [5, 5.41) is 0.512. The van der Waals surface area contributed by atoms with Crippen molar-refractivity contribution in [2.45, 2.75) is 0 Å². The van der Waals surface area contributed by atoms with E-state index in [0.717, 1.165) is 11.3 Å². The minimum atomic E-state index is 0.512. The van der Waals surface area contributed by atoms with Gasteiger partial charge in [-0.1, -0.05) is 11.6 Å². The van der Waals surface area contributed by atoms with Crippen LogP contribution in [0.4, 0.5) is 0 Å². The highest BCUT2D eigenvalue weighted by atomic mass is 35.5. The van der Waals surface area contributed by atoms with Crippen LogP contribution in [0.25, 0.3) is 0 Å². The van der Waals surface area contributed by atoms with Gasteiger partial charge in [0, 0.05) is 12.6 Å². The molecule has 64 valence electrons. The fourth-order valence-corrected chi connectivity index (χ4v) is 0.984. The van der Waals surface area contributed by atoms with Gasteiger partial charge in [-0.15, -0.1) is 0 Å². The van der Waals surface area contributed by atoms with Crippen LogP contribution in [0.15, 0.2) is 29.3 Å². The lowest BCUT2D eigenvalue weighted by atomic mass is 10.2. The average molecular weight is 184 g/mol. The summed E-state index contributed by atoms with van der Waals surface area (Å²) >= 11 is 5.80. The molecule has 1 aromatic carbocycles. The molecule has 0 heterocycles. The van der Waals surface area contributed by atoms with E-state index >= 15 is 0 Å². The van der Waals surface area contributed by atoms with E-state index in [-0.39, 0.29) is 0 Å². The molecule has 0 aliphatic carbocycles. The smallest absolute Gasteiger partial charge is 0.130 e. The summed E-state index contributed by atoms with van der Waals surface area (Å²) in [6.45, 7) is 0. The lowest BCUT2D eigenvalue weighted by Gasteiger charge is -2.00. The van der Waals surface area contributed by atoms with Gasteiger partial charge in [0.25, 0.3) is 0 Å². The molecule has 0 N–H and O–H groups in total. The first-order valence-electron chi connectivity index (χ1n) is 3.54. The predicted molar refractivity (Wildman–Crippen MR) is 51.3 cm³/mol. The average Bonchev–Trinajstić information content (AvgIpc) is 2.17. The van der Waals surface area contributed by atoms with Crippen LogP contribution in [0.5, 0.6) is 5.75 Å². The third-order valence-corrected chi connectivity index (χ3v) is 1.91. The first-order chi connectivity index (χ1) is 5.77. The van der Waals surface area contributed by atoms with Gasteiger partial charge in [-0.3, -0.25) is 4.99 Å². The van der Waals surface area contributed by atoms with Crippen molar-refractivity contribution in [2.75, 3.05) is 14.2 Å². The van der Waals surface area contributed by atoms with E-state index in [2.05, 4.69) is 4.99 Å². The van der Waals surface area contributed by atoms with Gasteiger partial charge in [0.15, 0.2) is 0 Å². The highest BCUT2D eigenvalue weighted by Gasteiger charge is 1.97. The zero-order valence-corrected chi connectivity index (χ0v) is 7.80. The minimum Gasteiger partial charge on any atom is -0.497 e. The van der Waals surface area contributed by atoms with Crippen LogP contribution in [0.2, 0.25) is 0 Å². The van der Waals surface area contributed by atoms with E-state index in [4.69, 9.17) is 16.3 Å². The predicted octanol–water partition coefficient (Wildman–Crippen LogP) is 2.31. The van der Waals surface area contributed by atoms with E-state index in [1.807, 2.05) is 24.3 Å². The number of halogens is 1. The van der Waals surface area contributed by atoms with Gasteiger partial charge < -0.3 is 4.74 Å². The summed E-state index contributed by atoms with van der Waals surface area (Å²) in [6, 6.07) is 7.44. The van der Waals surface area contributed by atoms with Crippen LogP contribution >= 0.6 is 11.6 Å². The lowest BCUT2D eigenvalue weighted by Crippen LogP contribution is -1.90. The maximum absolute atomic E-state index is 5.80. The molecular weight excluding hydrogens is 174 g/mol. The lowest BCUT2D eigenvalue weighted by molar-refractivity contribution is 0.415. The number of aliphatic imine (C=N–C) groups is 1. The number of rotatable bonds is 2. The van der Waals surface area contributed by atoms with Crippen molar-refractivity contribution in [3.05, 3.63) is 29.8 Å². The molecule has 0 bridgehead atoms. The minimum absolute atomic E-state index is 0.512. The second-order valence-electron chi connectivity index (χ2n) is 2.24. The second kappa shape index (κ2) is 4.12. The highest BCUT2D eigenvalue weighted by Crippen LogP contribution is 2.12. The van der Waals surface area contributed by atoms with E-state index in [0.29, 0.717) is 5.17 Å². The first-order valence-corrected chi connectivity index (χ1v) is 3.92. The Balaban J connectivity index is 2.92. The summed E-state index contributed by atoms with van der Waals surface area (Å²) < 4.78 is 5.00. The van der Waals surface area contributed by atoms with Crippen molar-refractivity contribution >= 4 is 16.8 Å². The Morgan fingerprint density at radius 3 is 2.33 bits per heavy atom. The third kappa shape index (κ3) is 1.98. The number of hydrogen-bond donors (Lipinski definition) is 0. The Morgan fingerprint density at radius 2 is 1.92 bits per heavy atom. The standard InChI is InChI=1S/C9H10ClNO/c1-11-9(10)7-3-5-8(12-2)6-4-7/h3-6H,1-2H3/b11-9-. The summed E-state index contributed by atoms with van der Waals surface area (Å²) in [6.07, 6.45) is 0. The molecule has 0 aliphatic rings. The molecule has 0 atom stereocenters. The number of hydrogen-bond acceptors (Lipinski definition) is 2. The largest absolute Gasteiger partial charge is 0.497 e. The third-order valence-electron chi connectivity index (χ3n) is 1.52. The van der Waals surface area contributed by atoms with Crippen molar-refractivity contribution in [2.24, 2.45) is 4.99 Å². The number of methoxy groups -OCH3 is 1. The Bertz CT molecular complexity index is 279. The first kappa shape index (κ1) is 9.07. The summed E-state index contributed by atoms with van der Waals surface area (Å²) in [5.74, 6) is 0.819. The number of ether oxygens (including phenoxy) is 1. The fraction of sp³-hybridized carbons (Fsp3) is 0.222. The molecule has 1 aromatic rings. The Labute approximate surface area is 76.8 Å². The number of nitrogens with zero attached hydrogens (tertiary/aromatic N) is 1. The van der Waals surface area contributed by atoms with E-state index in [1.165, 1.54) is 0 Å². The molecule has 0 saturated heterocycles. The molecule has 2 nitrogen and oxygen atoms in total. The normalized spacial score (nSPS) is 11.4. The quantitative estimate of drug-likeness (QED) is 0.645. The van der Waals surface area contributed by atoms with E-state index in [9.17, 15) is 0 Å². The zero-order chi connectivity index (χ0) is 8.97. The van der Waals surface area contributed by atoms with E-state index < -0.39 is 0 Å². The monoisotopic (exact) mass is 183 g/mol. The van der Waals surface area contributed by atoms with Crippen LogP contribution < -0.4 is 4.74 Å². The zero-order valence-electron chi connectivity index (χ0n) is 7.04. The van der Waals surface area contributed by atoms with Crippen molar-refractivity contribution in [1.29, 1.82) is 0 Å². The van der Waals surface area contributed by atoms with E-state index in [1.54, 1.807) is 14.2 Å². The maximum atomic E-state index is 5.80. The molecule has 0 spiro atoms. The van der Waals surface area contributed by atoms with Crippen LogP contribution in [0.1, 0.15) is 5.56 Å². The van der Waals surface area contributed by atoms with Gasteiger partial charge in [-0.2, -0.15) is 0 Å². The van der Waals surface area contributed by atoms with Crippen LogP contribution in [-0.4, -0.2) is 19.3 Å². The molecule has 0 unspecified atom stereocenters. The van der Waals surface area contributed by atoms with Crippen LogP contribution in [-0.2, 0) is 0 Å². The molecule has 0 radical (unpaired) electrons. The molecular formula is C9H10ClNO. The summed E-state index contributed by atoms with van der Waals surface area (Å²) in [5.41, 5.74) is 0.903. The summed E-state index contributed by atoms with van der Waals surface area (Å²) in [4.78, 5) is 3.86. The Kier molecular flexibility index (Phi) is 3.11. The van der Waals surface area contributed by atoms with Crippen molar-refractivity contribution < 1.29 is 4.74 Å². The molecule has 0 aliphatic heterocycles. The number of benzene rings is 1. The van der Waals surface area contributed by atoms with Gasteiger partial charge >= 0.3 is 0 Å². The van der Waals surface area contributed by atoms with Gasteiger partial charge in [0.05, 0.1) is 7.11 Å². The van der Waals surface area contributed by atoms with Gasteiger partial charge in [0.2, 0.25) is 0 Å². The fourth-order valence-electron chi connectivity index (χ4n) is 0.858. The molecule has 0 aromatic heterocycles. The highest BCUT2D eigenvalue weighted by molar-refractivity contribution is 6.69. The molecule has 12 heavy (non-hydrogen) atoms. The van der Waals surface area contributed by atoms with Crippen molar-refractivity contribution in [3.8, 4) is 5.75 Å². The second-order valence-corrected chi connectivity index (χ2v) is 2.60. The van der Waals surface area contributed by atoms with Gasteiger partial charge in [0.1, 0.15) is 10.9 Å². The van der Waals surface area contributed by atoms with Crippen molar-refractivity contribution in [3.63, 3.8) is 0 Å². The Morgan fingerprint density at radius 1 is 1.33 bits per heavy atom. The maximum Gasteiger partial charge on any atom is 0.130 e.